The van der Waals surface area contributed by atoms with Crippen LogP contribution >= 0.6 is 0 Å². The molecule has 2 rings (SSSR count). The summed E-state index contributed by atoms with van der Waals surface area (Å²) in [5.74, 6) is 0.107. The number of rotatable bonds is 4. The van der Waals surface area contributed by atoms with Crippen LogP contribution in [0, 0.1) is 5.92 Å². The smallest absolute Gasteiger partial charge is 0.255 e. The Kier molecular flexibility index (Phi) is 4.40. The van der Waals surface area contributed by atoms with E-state index in [1.807, 2.05) is 51.1 Å². The summed E-state index contributed by atoms with van der Waals surface area (Å²) in [7, 11) is -3.81. The van der Waals surface area contributed by atoms with Gasteiger partial charge in [0.05, 0.1) is 4.90 Å². The highest BCUT2D eigenvalue weighted by Gasteiger charge is 2.36. The molecule has 21 heavy (non-hydrogen) atoms. The first-order valence-corrected chi connectivity index (χ1v) is 8.58. The molecule has 2 unspecified atom stereocenters. The first-order valence-electron chi connectivity index (χ1n) is 7.17. The van der Waals surface area contributed by atoms with E-state index in [9.17, 15) is 8.42 Å². The van der Waals surface area contributed by atoms with Crippen molar-refractivity contribution in [2.45, 2.75) is 44.1 Å². The first kappa shape index (κ1) is 16.0. The molecule has 0 aromatic heterocycles. The third-order valence-electron chi connectivity index (χ3n) is 3.94. The molecule has 1 aromatic rings. The molecule has 0 aliphatic heterocycles. The van der Waals surface area contributed by atoms with Crippen molar-refractivity contribution < 1.29 is 12.6 Å². The summed E-state index contributed by atoms with van der Waals surface area (Å²) >= 11 is 0. The van der Waals surface area contributed by atoms with Crippen LogP contribution in [-0.2, 0) is 14.3 Å². The van der Waals surface area contributed by atoms with Crippen LogP contribution in [-0.4, -0.2) is 14.0 Å². The second kappa shape index (κ2) is 5.78. The lowest BCUT2D eigenvalue weighted by Crippen LogP contribution is -2.37. The predicted molar refractivity (Wildman–Crippen MR) is 84.7 cm³/mol. The Morgan fingerprint density at radius 2 is 1.86 bits per heavy atom. The molecule has 1 aromatic carbocycles. The summed E-state index contributed by atoms with van der Waals surface area (Å²) in [5.41, 5.74) is -0.0680. The van der Waals surface area contributed by atoms with Crippen LogP contribution in [0.3, 0.4) is 0 Å². The molecule has 0 saturated heterocycles. The largest absolute Gasteiger partial charge is 0.298 e. The molecule has 0 amide bonds. The zero-order valence-electron chi connectivity index (χ0n) is 12.9. The molecule has 2 atom stereocenters. The van der Waals surface area contributed by atoms with E-state index in [0.717, 1.165) is 5.56 Å². The van der Waals surface area contributed by atoms with Crippen LogP contribution in [0.4, 0.5) is 0 Å². The summed E-state index contributed by atoms with van der Waals surface area (Å²) in [6.07, 6.45) is 7.48. The van der Waals surface area contributed by atoms with Gasteiger partial charge in [-0.2, -0.15) is 8.42 Å². The summed E-state index contributed by atoms with van der Waals surface area (Å²) < 4.78 is 31.0. The van der Waals surface area contributed by atoms with Crippen molar-refractivity contribution in [3.8, 4) is 0 Å². The first-order chi connectivity index (χ1) is 9.76. The van der Waals surface area contributed by atoms with Gasteiger partial charge in [-0.25, -0.2) is 0 Å². The van der Waals surface area contributed by atoms with Crippen LogP contribution in [0.2, 0.25) is 0 Å². The molecular formula is C17H22O3S. The fourth-order valence-corrected chi connectivity index (χ4v) is 4.00. The van der Waals surface area contributed by atoms with Gasteiger partial charge in [-0.3, -0.25) is 4.18 Å². The summed E-state index contributed by atoms with van der Waals surface area (Å²) in [4.78, 5) is 0.261. The molecule has 0 bridgehead atoms. The van der Waals surface area contributed by atoms with Crippen LogP contribution in [0.15, 0.2) is 53.5 Å². The molecule has 0 fully saturated rings. The van der Waals surface area contributed by atoms with Crippen molar-refractivity contribution in [2.24, 2.45) is 5.92 Å². The van der Waals surface area contributed by atoms with E-state index in [0.29, 0.717) is 0 Å². The van der Waals surface area contributed by atoms with Crippen molar-refractivity contribution in [1.82, 2.24) is 0 Å². The average Bonchev–Trinajstić information content (AvgIpc) is 2.42. The SMILES string of the molecule is CC(C)c1ccccc1S(=O)(=O)OC1(C)C=CC=CC1C. The normalized spacial score (nSPS) is 25.5. The molecule has 0 spiro atoms. The lowest BCUT2D eigenvalue weighted by atomic mass is 9.87. The Morgan fingerprint density at radius 1 is 1.19 bits per heavy atom. The third-order valence-corrected chi connectivity index (χ3v) is 5.43. The predicted octanol–water partition coefficient (Wildman–Crippen LogP) is 4.04. The molecule has 1 aliphatic rings. The van der Waals surface area contributed by atoms with Gasteiger partial charge < -0.3 is 0 Å². The fourth-order valence-electron chi connectivity index (χ4n) is 2.39. The zero-order valence-corrected chi connectivity index (χ0v) is 13.7. The Labute approximate surface area is 127 Å². The van der Waals surface area contributed by atoms with Crippen molar-refractivity contribution in [1.29, 1.82) is 0 Å². The van der Waals surface area contributed by atoms with Gasteiger partial charge in [0.1, 0.15) is 5.60 Å². The van der Waals surface area contributed by atoms with Crippen LogP contribution in [0.25, 0.3) is 0 Å². The van der Waals surface area contributed by atoms with Gasteiger partial charge in [-0.05, 0) is 24.5 Å². The molecule has 0 radical (unpaired) electrons. The maximum atomic E-state index is 12.7. The molecule has 0 heterocycles. The topological polar surface area (TPSA) is 43.4 Å². The van der Waals surface area contributed by atoms with Crippen molar-refractivity contribution in [3.05, 3.63) is 54.1 Å². The summed E-state index contributed by atoms with van der Waals surface area (Å²) in [6, 6.07) is 7.02. The van der Waals surface area contributed by atoms with E-state index >= 15 is 0 Å². The zero-order chi connectivity index (χ0) is 15.7. The van der Waals surface area contributed by atoms with Gasteiger partial charge in [0.2, 0.25) is 0 Å². The van der Waals surface area contributed by atoms with Crippen molar-refractivity contribution >= 4 is 10.1 Å². The lowest BCUT2D eigenvalue weighted by molar-refractivity contribution is 0.109. The third kappa shape index (κ3) is 3.27. The quantitative estimate of drug-likeness (QED) is 0.789. The van der Waals surface area contributed by atoms with Gasteiger partial charge in [0.25, 0.3) is 10.1 Å². The molecular weight excluding hydrogens is 284 g/mol. The minimum absolute atomic E-state index is 0.0107. The highest BCUT2D eigenvalue weighted by atomic mass is 32.2. The molecule has 0 saturated carbocycles. The second-order valence-electron chi connectivity index (χ2n) is 5.95. The van der Waals surface area contributed by atoms with E-state index in [1.54, 1.807) is 25.1 Å². The Morgan fingerprint density at radius 3 is 2.48 bits per heavy atom. The molecule has 3 nitrogen and oxygen atoms in total. The van der Waals surface area contributed by atoms with Crippen LogP contribution in [0.5, 0.6) is 0 Å². The Bertz CT molecular complexity index is 671. The molecule has 114 valence electrons. The molecule has 1 aliphatic carbocycles. The van der Waals surface area contributed by atoms with Crippen molar-refractivity contribution in [2.75, 3.05) is 0 Å². The summed E-state index contributed by atoms with van der Waals surface area (Å²) in [6.45, 7) is 7.70. The number of hydrogen-bond acceptors (Lipinski definition) is 3. The lowest BCUT2D eigenvalue weighted by Gasteiger charge is -2.32. The number of hydrogen-bond donors (Lipinski definition) is 0. The average molecular weight is 306 g/mol. The van der Waals surface area contributed by atoms with Crippen molar-refractivity contribution in [3.63, 3.8) is 0 Å². The maximum absolute atomic E-state index is 12.7. The highest BCUT2D eigenvalue weighted by molar-refractivity contribution is 7.86. The number of benzene rings is 1. The second-order valence-corrected chi connectivity index (χ2v) is 7.46. The van der Waals surface area contributed by atoms with E-state index in [-0.39, 0.29) is 16.7 Å². The summed E-state index contributed by atoms with van der Waals surface area (Å²) in [5, 5.41) is 0. The van der Waals surface area contributed by atoms with E-state index in [1.165, 1.54) is 0 Å². The minimum atomic E-state index is -3.81. The van der Waals surface area contributed by atoms with Gasteiger partial charge >= 0.3 is 0 Å². The highest BCUT2D eigenvalue weighted by Crippen LogP contribution is 2.33. The molecule has 4 heteroatoms. The Hall–Kier alpha value is -1.39. The number of allylic oxidation sites excluding steroid dienone is 2. The minimum Gasteiger partial charge on any atom is -0.255 e. The van der Waals surface area contributed by atoms with Gasteiger partial charge in [0, 0.05) is 5.92 Å². The van der Waals surface area contributed by atoms with Gasteiger partial charge in [-0.1, -0.05) is 63.3 Å². The molecule has 0 N–H and O–H groups in total. The van der Waals surface area contributed by atoms with Crippen LogP contribution < -0.4 is 0 Å². The van der Waals surface area contributed by atoms with Crippen LogP contribution in [0.1, 0.15) is 39.2 Å². The van der Waals surface area contributed by atoms with Gasteiger partial charge in [0.15, 0.2) is 0 Å². The fraction of sp³-hybridized carbons (Fsp3) is 0.412. The van der Waals surface area contributed by atoms with E-state index in [4.69, 9.17) is 4.18 Å². The van der Waals surface area contributed by atoms with E-state index < -0.39 is 15.7 Å². The Balaban J connectivity index is 2.40. The maximum Gasteiger partial charge on any atom is 0.298 e. The van der Waals surface area contributed by atoms with Gasteiger partial charge in [-0.15, -0.1) is 0 Å². The monoisotopic (exact) mass is 306 g/mol. The standard InChI is InChI=1S/C17H22O3S/c1-13(2)15-10-5-6-11-16(15)21(18,19)20-17(4)12-8-7-9-14(17)3/h5-14H,1-4H3. The van der Waals surface area contributed by atoms with E-state index in [2.05, 4.69) is 0 Å².